The Balaban J connectivity index is 2.57. The Labute approximate surface area is 88.8 Å². The third-order valence-corrected chi connectivity index (χ3v) is 15.6. The van der Waals surface area contributed by atoms with Crippen LogP contribution < -0.4 is 0 Å². The Morgan fingerprint density at radius 2 is 1.86 bits per heavy atom. The Morgan fingerprint density at radius 1 is 1.36 bits per heavy atom. The molecule has 1 aliphatic rings. The average Bonchev–Trinajstić information content (AvgIpc) is 2.19. The summed E-state index contributed by atoms with van der Waals surface area (Å²) in [5.41, 5.74) is 1.17. The van der Waals surface area contributed by atoms with E-state index in [1.54, 1.807) is 0 Å². The number of carboxylic acids is 1. The van der Waals surface area contributed by atoms with Crippen molar-refractivity contribution in [3.63, 3.8) is 0 Å². The number of rotatable bonds is 3. The van der Waals surface area contributed by atoms with Crippen LogP contribution in [-0.2, 0) is 4.79 Å². The molecule has 2 nitrogen and oxygen atoms in total. The van der Waals surface area contributed by atoms with Gasteiger partial charge in [0.1, 0.15) is 0 Å². The summed E-state index contributed by atoms with van der Waals surface area (Å²) in [5.74, 6) is -0.770. The second-order valence-electron chi connectivity index (χ2n) is 4.35. The Hall–Kier alpha value is -0.247. The first-order valence-electron chi connectivity index (χ1n) is 5.54. The number of hydrogen-bond acceptors (Lipinski definition) is 1. The summed E-state index contributed by atoms with van der Waals surface area (Å²) >= 11 is -1.47. The van der Waals surface area contributed by atoms with Gasteiger partial charge in [0.2, 0.25) is 0 Å². The molecule has 0 bridgehead atoms. The minimum atomic E-state index is -1.47. The van der Waals surface area contributed by atoms with Gasteiger partial charge in [0.15, 0.2) is 0 Å². The van der Waals surface area contributed by atoms with E-state index in [1.807, 2.05) is 0 Å². The molecule has 0 spiro atoms. The summed E-state index contributed by atoms with van der Waals surface area (Å²) in [7, 11) is 0. The van der Waals surface area contributed by atoms with Crippen LogP contribution in [0.5, 0.6) is 0 Å². The molecular formula is C11H20GeO2. The molecule has 0 amide bonds. The fourth-order valence-corrected chi connectivity index (χ4v) is 10.5. The molecule has 0 radical (unpaired) electrons. The van der Waals surface area contributed by atoms with Crippen LogP contribution in [-0.4, -0.2) is 24.3 Å². The van der Waals surface area contributed by atoms with E-state index in [1.165, 1.54) is 32.7 Å². The van der Waals surface area contributed by atoms with Gasteiger partial charge in [0.25, 0.3) is 0 Å². The quantitative estimate of drug-likeness (QED) is 0.622. The van der Waals surface area contributed by atoms with Crippen molar-refractivity contribution in [3.05, 3.63) is 11.6 Å². The molecule has 0 saturated carbocycles. The maximum atomic E-state index is 10.5. The second kappa shape index (κ2) is 5.01. The van der Waals surface area contributed by atoms with E-state index in [4.69, 9.17) is 5.11 Å². The monoisotopic (exact) mass is 258 g/mol. The van der Waals surface area contributed by atoms with E-state index in [0.717, 1.165) is 12.8 Å². The summed E-state index contributed by atoms with van der Waals surface area (Å²) in [5, 5.41) is 14.2. The Bertz CT molecular complexity index is 230. The number of aliphatic carboxylic acids is 1. The number of carboxylic acid groups (broad SMARTS) is 1. The van der Waals surface area contributed by atoms with Crippen LogP contribution in [0.4, 0.5) is 0 Å². The molecule has 1 heterocycles. The predicted molar refractivity (Wildman–Crippen MR) is 61.3 cm³/mol. The molecule has 0 aromatic rings. The van der Waals surface area contributed by atoms with Crippen molar-refractivity contribution in [3.8, 4) is 0 Å². The molecule has 1 fully saturated rings. The van der Waals surface area contributed by atoms with Crippen molar-refractivity contribution in [2.75, 3.05) is 0 Å². The molecule has 0 atom stereocenters. The van der Waals surface area contributed by atoms with Crippen LogP contribution in [0.15, 0.2) is 11.6 Å². The van der Waals surface area contributed by atoms with E-state index >= 15 is 0 Å². The van der Waals surface area contributed by atoms with Crippen LogP contribution in [0.2, 0.25) is 21.0 Å². The first-order chi connectivity index (χ1) is 6.62. The topological polar surface area (TPSA) is 37.3 Å². The predicted octanol–water partition coefficient (Wildman–Crippen LogP) is 3.28. The molecule has 1 aliphatic heterocycles. The summed E-state index contributed by atoms with van der Waals surface area (Å²) in [6.07, 6.45) is 3.56. The van der Waals surface area contributed by atoms with E-state index < -0.39 is 19.2 Å². The number of hydrogen-bond donors (Lipinski definition) is 1. The summed E-state index contributed by atoms with van der Waals surface area (Å²) < 4.78 is 0. The molecule has 1 saturated heterocycles. The van der Waals surface area contributed by atoms with Gasteiger partial charge in [-0.3, -0.25) is 0 Å². The van der Waals surface area contributed by atoms with Crippen molar-refractivity contribution in [1.82, 2.24) is 0 Å². The zero-order chi connectivity index (χ0) is 10.6. The van der Waals surface area contributed by atoms with Crippen molar-refractivity contribution in [2.24, 2.45) is 0 Å². The van der Waals surface area contributed by atoms with Crippen molar-refractivity contribution < 1.29 is 9.90 Å². The summed E-state index contributed by atoms with van der Waals surface area (Å²) in [6.45, 7) is 4.66. The Morgan fingerprint density at radius 3 is 2.21 bits per heavy atom. The van der Waals surface area contributed by atoms with Crippen LogP contribution in [0.25, 0.3) is 0 Å². The normalized spacial score (nSPS) is 20.6. The molecule has 0 aromatic heterocycles. The van der Waals surface area contributed by atoms with Gasteiger partial charge in [-0.1, -0.05) is 0 Å². The van der Waals surface area contributed by atoms with Crippen LogP contribution >= 0.6 is 0 Å². The van der Waals surface area contributed by atoms with E-state index in [0.29, 0.717) is 0 Å². The van der Waals surface area contributed by atoms with Gasteiger partial charge in [0.05, 0.1) is 0 Å². The SMILES string of the molecule is C[CH2][Ge]1([CH2]C)[CH2]CC(=CC(=O)O)C[CH2]1. The van der Waals surface area contributed by atoms with Gasteiger partial charge in [-0.05, 0) is 0 Å². The molecule has 80 valence electrons. The van der Waals surface area contributed by atoms with Gasteiger partial charge in [0, 0.05) is 0 Å². The molecule has 1 N–H and O–H groups in total. The zero-order valence-electron chi connectivity index (χ0n) is 9.18. The van der Waals surface area contributed by atoms with Crippen LogP contribution in [0.3, 0.4) is 0 Å². The number of carbonyl (C=O) groups is 1. The van der Waals surface area contributed by atoms with Crippen molar-refractivity contribution in [1.29, 1.82) is 0 Å². The fourth-order valence-electron chi connectivity index (χ4n) is 2.38. The number of allylic oxidation sites excluding steroid dienone is 1. The second-order valence-corrected chi connectivity index (χ2v) is 15.7. The molecule has 14 heavy (non-hydrogen) atoms. The van der Waals surface area contributed by atoms with Gasteiger partial charge in [-0.2, -0.15) is 0 Å². The third-order valence-electron chi connectivity index (χ3n) is 3.78. The first kappa shape index (κ1) is 11.8. The Kier molecular flexibility index (Phi) is 4.23. The summed E-state index contributed by atoms with van der Waals surface area (Å²) in [4.78, 5) is 10.5. The molecule has 0 aromatic carbocycles. The third kappa shape index (κ3) is 2.87. The van der Waals surface area contributed by atoms with E-state index in [9.17, 15) is 4.79 Å². The zero-order valence-corrected chi connectivity index (χ0v) is 11.3. The standard InChI is InChI=1S/C11H20GeO2/c1-3-12(4-2)7-5-10(6-8-12)9-11(13)14/h9H,3-8H2,1-2H3,(H,13,14). The van der Waals surface area contributed by atoms with Crippen LogP contribution in [0, 0.1) is 0 Å². The first-order valence-corrected chi connectivity index (χ1v) is 11.5. The molecule has 0 unspecified atom stereocenters. The molecule has 0 aliphatic carbocycles. The van der Waals surface area contributed by atoms with E-state index in [-0.39, 0.29) is 0 Å². The van der Waals surface area contributed by atoms with Crippen molar-refractivity contribution in [2.45, 2.75) is 47.7 Å². The van der Waals surface area contributed by atoms with Gasteiger partial charge in [-0.15, -0.1) is 0 Å². The van der Waals surface area contributed by atoms with Gasteiger partial charge in [-0.25, -0.2) is 0 Å². The fraction of sp³-hybridized carbons (Fsp3) is 0.727. The van der Waals surface area contributed by atoms with Gasteiger partial charge >= 0.3 is 88.5 Å². The van der Waals surface area contributed by atoms with Gasteiger partial charge < -0.3 is 0 Å². The van der Waals surface area contributed by atoms with E-state index in [2.05, 4.69) is 13.8 Å². The van der Waals surface area contributed by atoms with Crippen molar-refractivity contribution >= 4 is 19.2 Å². The minimum absolute atomic E-state index is 0.770. The summed E-state index contributed by atoms with van der Waals surface area (Å²) in [6, 6.07) is 0. The maximum absolute atomic E-state index is 10.5. The molecule has 1 rings (SSSR count). The molecule has 3 heteroatoms. The molecular weight excluding hydrogens is 237 g/mol. The average molecular weight is 257 g/mol. The van der Waals surface area contributed by atoms with Crippen LogP contribution in [0.1, 0.15) is 26.7 Å².